The molecule has 1 nitrogen and oxygen atoms in total. The molecule has 0 saturated heterocycles. The monoisotopic (exact) mass is 157 g/mol. The Balaban J connectivity index is 2.14. The van der Waals surface area contributed by atoms with Crippen molar-refractivity contribution < 1.29 is 0 Å². The summed E-state index contributed by atoms with van der Waals surface area (Å²) in [6, 6.07) is 0. The average molecular weight is 157 g/mol. The predicted molar refractivity (Wildman–Crippen MR) is 50.3 cm³/mol. The van der Waals surface area contributed by atoms with Crippen LogP contribution in [0, 0.1) is 11.8 Å². The Morgan fingerprint density at radius 2 is 2.42 bits per heavy atom. The molecule has 1 heteroatoms. The van der Waals surface area contributed by atoms with Crippen LogP contribution in [0.1, 0.15) is 6.42 Å². The topological polar surface area (TPSA) is 12.4 Å². The highest BCUT2D eigenvalue weighted by Crippen LogP contribution is 2.36. The molecule has 0 aromatic rings. The van der Waals surface area contributed by atoms with Crippen LogP contribution in [-0.4, -0.2) is 12.3 Å². The Labute approximate surface area is 72.2 Å². The van der Waals surface area contributed by atoms with Crippen LogP contribution in [-0.2, 0) is 0 Å². The standard InChI is InChI=1S/C11H11N/c1-3-8-4-2-6-10-11(8)9(5-1)7-12-10/h1-5,9,11H,6-7H2. The smallest absolute Gasteiger partial charge is 0.0461 e. The van der Waals surface area contributed by atoms with E-state index in [1.165, 1.54) is 11.3 Å². The fraction of sp³-hybridized carbons (Fsp3) is 0.364. The molecule has 12 heavy (non-hydrogen) atoms. The number of hydrogen-bond acceptors (Lipinski definition) is 1. The molecule has 2 aliphatic carbocycles. The summed E-state index contributed by atoms with van der Waals surface area (Å²) in [7, 11) is 0. The van der Waals surface area contributed by atoms with Gasteiger partial charge >= 0.3 is 0 Å². The van der Waals surface area contributed by atoms with Gasteiger partial charge in [-0.05, 0) is 5.57 Å². The minimum atomic E-state index is 0.639. The normalized spacial score (nSPS) is 36.0. The molecule has 0 saturated carbocycles. The van der Waals surface area contributed by atoms with Gasteiger partial charge in [0, 0.05) is 30.5 Å². The molecular weight excluding hydrogens is 146 g/mol. The fourth-order valence-electron chi connectivity index (χ4n) is 2.36. The number of hydrogen-bond donors (Lipinski definition) is 0. The van der Waals surface area contributed by atoms with Gasteiger partial charge in [0.25, 0.3) is 0 Å². The van der Waals surface area contributed by atoms with Crippen molar-refractivity contribution in [1.82, 2.24) is 0 Å². The summed E-state index contributed by atoms with van der Waals surface area (Å²) in [5, 5.41) is 0. The van der Waals surface area contributed by atoms with Crippen LogP contribution in [0.4, 0.5) is 0 Å². The van der Waals surface area contributed by atoms with Crippen molar-refractivity contribution >= 4 is 5.71 Å². The van der Waals surface area contributed by atoms with E-state index in [1.54, 1.807) is 0 Å². The number of allylic oxidation sites excluding steroid dienone is 5. The summed E-state index contributed by atoms with van der Waals surface area (Å²) in [4.78, 5) is 4.57. The van der Waals surface area contributed by atoms with Gasteiger partial charge in [-0.25, -0.2) is 0 Å². The lowest BCUT2D eigenvalue weighted by Gasteiger charge is -2.24. The first-order chi connectivity index (χ1) is 5.95. The summed E-state index contributed by atoms with van der Waals surface area (Å²) in [5.74, 6) is 1.31. The van der Waals surface area contributed by atoms with Crippen molar-refractivity contribution in [2.45, 2.75) is 6.42 Å². The summed E-state index contributed by atoms with van der Waals surface area (Å²) >= 11 is 0. The minimum Gasteiger partial charge on any atom is -0.292 e. The zero-order valence-electron chi connectivity index (χ0n) is 6.90. The lowest BCUT2D eigenvalue weighted by atomic mass is 9.78. The van der Waals surface area contributed by atoms with Gasteiger partial charge in [0.15, 0.2) is 0 Å². The Morgan fingerprint density at radius 3 is 3.42 bits per heavy atom. The first-order valence-corrected chi connectivity index (χ1v) is 4.53. The molecule has 1 aliphatic heterocycles. The van der Waals surface area contributed by atoms with E-state index in [1.807, 2.05) is 0 Å². The summed E-state index contributed by atoms with van der Waals surface area (Å²) in [6.45, 7) is 1.01. The molecule has 3 rings (SSSR count). The Kier molecular flexibility index (Phi) is 1.17. The predicted octanol–water partition coefficient (Wildman–Crippen LogP) is 2.13. The molecule has 0 spiro atoms. The van der Waals surface area contributed by atoms with Gasteiger partial charge in [-0.15, -0.1) is 0 Å². The molecule has 1 heterocycles. The molecular formula is C11H11N. The van der Waals surface area contributed by atoms with E-state index in [0.29, 0.717) is 11.8 Å². The molecule has 60 valence electrons. The van der Waals surface area contributed by atoms with E-state index in [4.69, 9.17) is 0 Å². The molecule has 0 bridgehead atoms. The van der Waals surface area contributed by atoms with Crippen molar-refractivity contribution in [3.8, 4) is 0 Å². The molecule has 3 aliphatic rings. The second kappa shape index (κ2) is 2.19. The molecule has 2 unspecified atom stereocenters. The molecule has 0 aromatic heterocycles. The second-order valence-corrected chi connectivity index (χ2v) is 3.63. The van der Waals surface area contributed by atoms with Crippen LogP contribution in [0.3, 0.4) is 0 Å². The van der Waals surface area contributed by atoms with Crippen LogP contribution in [0.5, 0.6) is 0 Å². The van der Waals surface area contributed by atoms with Crippen LogP contribution in [0.25, 0.3) is 0 Å². The molecule has 2 atom stereocenters. The zero-order chi connectivity index (χ0) is 7.97. The maximum Gasteiger partial charge on any atom is 0.0461 e. The fourth-order valence-corrected chi connectivity index (χ4v) is 2.36. The van der Waals surface area contributed by atoms with E-state index in [-0.39, 0.29) is 0 Å². The molecule has 0 amide bonds. The minimum absolute atomic E-state index is 0.639. The highest BCUT2D eigenvalue weighted by atomic mass is 14.8. The summed E-state index contributed by atoms with van der Waals surface area (Å²) in [6.07, 6.45) is 12.2. The van der Waals surface area contributed by atoms with E-state index in [0.717, 1.165) is 13.0 Å². The number of nitrogens with zero attached hydrogens (tertiary/aromatic N) is 1. The lowest BCUT2D eigenvalue weighted by Crippen LogP contribution is -2.23. The highest BCUT2D eigenvalue weighted by molar-refractivity contribution is 5.94. The largest absolute Gasteiger partial charge is 0.292 e. The van der Waals surface area contributed by atoms with Gasteiger partial charge in [0.05, 0.1) is 0 Å². The first kappa shape index (κ1) is 6.41. The van der Waals surface area contributed by atoms with Gasteiger partial charge in [-0.2, -0.15) is 0 Å². The maximum atomic E-state index is 4.57. The van der Waals surface area contributed by atoms with Gasteiger partial charge in [0.2, 0.25) is 0 Å². The zero-order valence-corrected chi connectivity index (χ0v) is 6.90. The summed E-state index contributed by atoms with van der Waals surface area (Å²) < 4.78 is 0. The van der Waals surface area contributed by atoms with Gasteiger partial charge in [-0.1, -0.05) is 30.4 Å². The molecule has 0 aromatic carbocycles. The highest BCUT2D eigenvalue weighted by Gasteiger charge is 2.33. The number of aliphatic imine (C=N–C) groups is 1. The van der Waals surface area contributed by atoms with Crippen molar-refractivity contribution in [3.63, 3.8) is 0 Å². The van der Waals surface area contributed by atoms with Gasteiger partial charge < -0.3 is 0 Å². The third kappa shape index (κ3) is 0.711. The van der Waals surface area contributed by atoms with Crippen molar-refractivity contribution in [2.24, 2.45) is 16.8 Å². The van der Waals surface area contributed by atoms with Crippen LogP contribution in [0.2, 0.25) is 0 Å². The quantitative estimate of drug-likeness (QED) is 0.511. The summed E-state index contributed by atoms with van der Waals surface area (Å²) in [5.41, 5.74) is 2.86. The van der Waals surface area contributed by atoms with E-state index in [9.17, 15) is 0 Å². The molecule has 0 N–H and O–H groups in total. The van der Waals surface area contributed by atoms with E-state index < -0.39 is 0 Å². The molecule has 0 fully saturated rings. The van der Waals surface area contributed by atoms with Crippen LogP contribution in [0.15, 0.2) is 40.9 Å². The van der Waals surface area contributed by atoms with E-state index >= 15 is 0 Å². The van der Waals surface area contributed by atoms with Gasteiger partial charge in [0.1, 0.15) is 0 Å². The Bertz CT molecular complexity index is 331. The van der Waals surface area contributed by atoms with Gasteiger partial charge in [-0.3, -0.25) is 4.99 Å². The second-order valence-electron chi connectivity index (χ2n) is 3.63. The molecule has 0 radical (unpaired) electrons. The van der Waals surface area contributed by atoms with Crippen molar-refractivity contribution in [2.75, 3.05) is 6.54 Å². The lowest BCUT2D eigenvalue weighted by molar-refractivity contribution is 0.610. The maximum absolute atomic E-state index is 4.57. The Morgan fingerprint density at radius 1 is 1.42 bits per heavy atom. The average Bonchev–Trinajstić information content (AvgIpc) is 2.52. The third-order valence-corrected chi connectivity index (χ3v) is 2.94. The van der Waals surface area contributed by atoms with Crippen molar-refractivity contribution in [3.05, 3.63) is 36.0 Å². The Hall–Kier alpha value is -1.11. The first-order valence-electron chi connectivity index (χ1n) is 4.53. The van der Waals surface area contributed by atoms with Crippen LogP contribution >= 0.6 is 0 Å². The van der Waals surface area contributed by atoms with Crippen molar-refractivity contribution in [1.29, 1.82) is 0 Å². The van der Waals surface area contributed by atoms with Crippen LogP contribution < -0.4 is 0 Å². The number of rotatable bonds is 0. The van der Waals surface area contributed by atoms with E-state index in [2.05, 4.69) is 35.4 Å². The SMILES string of the molecule is C1=CC2CN=C3CC=CC(=C1)C32. The third-order valence-electron chi connectivity index (χ3n) is 2.94.